The molecule has 8 heteroatoms. The van der Waals surface area contributed by atoms with Crippen LogP contribution >= 0.6 is 0 Å². The number of nitrogens with one attached hydrogen (secondary N) is 1. The van der Waals surface area contributed by atoms with Gasteiger partial charge in [0.1, 0.15) is 17.7 Å². The molecular weight excluding hydrogens is 322 g/mol. The zero-order valence-corrected chi connectivity index (χ0v) is 14.1. The Morgan fingerprint density at radius 3 is 2.84 bits per heavy atom. The number of aromatic nitrogens is 3. The number of amides is 2. The fourth-order valence-corrected chi connectivity index (χ4v) is 2.66. The summed E-state index contributed by atoms with van der Waals surface area (Å²) < 4.78 is 5.76. The Hall–Kier alpha value is -2.87. The molecule has 1 aliphatic rings. The summed E-state index contributed by atoms with van der Waals surface area (Å²) in [6.07, 6.45) is 2.91. The van der Waals surface area contributed by atoms with Crippen molar-refractivity contribution >= 4 is 17.6 Å². The van der Waals surface area contributed by atoms with E-state index < -0.39 is 0 Å². The summed E-state index contributed by atoms with van der Waals surface area (Å²) in [5.41, 5.74) is 1.23. The number of hydrogen-bond acceptors (Lipinski definition) is 6. The van der Waals surface area contributed by atoms with Crippen molar-refractivity contribution in [2.45, 2.75) is 20.0 Å². The SMILES string of the molecule is CC(=O)Nc1cc(C(=O)N2CCO[C@H](c3ccnc(C)n3)C2)ccn1. The summed E-state index contributed by atoms with van der Waals surface area (Å²) in [5.74, 6) is 0.656. The molecule has 0 unspecified atom stereocenters. The van der Waals surface area contributed by atoms with Gasteiger partial charge in [-0.05, 0) is 25.1 Å². The summed E-state index contributed by atoms with van der Waals surface area (Å²) in [5, 5.41) is 2.58. The summed E-state index contributed by atoms with van der Waals surface area (Å²) in [4.78, 5) is 38.1. The fourth-order valence-electron chi connectivity index (χ4n) is 2.66. The van der Waals surface area contributed by atoms with Crippen molar-refractivity contribution in [2.24, 2.45) is 0 Å². The van der Waals surface area contributed by atoms with Gasteiger partial charge in [0.05, 0.1) is 18.8 Å². The average Bonchev–Trinajstić information content (AvgIpc) is 2.61. The minimum Gasteiger partial charge on any atom is -0.368 e. The van der Waals surface area contributed by atoms with Gasteiger partial charge >= 0.3 is 0 Å². The molecule has 0 radical (unpaired) electrons. The van der Waals surface area contributed by atoms with E-state index in [9.17, 15) is 9.59 Å². The number of nitrogens with zero attached hydrogens (tertiary/aromatic N) is 4. The summed E-state index contributed by atoms with van der Waals surface area (Å²) in [6, 6.07) is 5.00. The van der Waals surface area contributed by atoms with Crippen LogP contribution in [-0.4, -0.2) is 51.4 Å². The van der Waals surface area contributed by atoms with Crippen molar-refractivity contribution in [3.63, 3.8) is 0 Å². The monoisotopic (exact) mass is 341 g/mol. The highest BCUT2D eigenvalue weighted by atomic mass is 16.5. The predicted octanol–water partition coefficient (Wildman–Crippen LogP) is 1.35. The largest absolute Gasteiger partial charge is 0.368 e. The standard InChI is InChI=1S/C17H19N5O3/c1-11-18-6-4-14(20-11)15-10-22(7-8-25-15)17(24)13-3-5-19-16(9-13)21-12(2)23/h3-6,9,15H,7-8,10H2,1-2H3,(H,19,21,23)/t15-/m0/s1. The van der Waals surface area contributed by atoms with Crippen LogP contribution in [0.25, 0.3) is 0 Å². The highest BCUT2D eigenvalue weighted by molar-refractivity contribution is 5.96. The van der Waals surface area contributed by atoms with E-state index in [-0.39, 0.29) is 17.9 Å². The third kappa shape index (κ3) is 4.16. The van der Waals surface area contributed by atoms with Crippen molar-refractivity contribution < 1.29 is 14.3 Å². The zero-order chi connectivity index (χ0) is 17.8. The molecule has 3 heterocycles. The van der Waals surface area contributed by atoms with E-state index in [1.165, 1.54) is 13.1 Å². The topological polar surface area (TPSA) is 97.3 Å². The van der Waals surface area contributed by atoms with Crippen molar-refractivity contribution in [1.82, 2.24) is 19.9 Å². The van der Waals surface area contributed by atoms with Crippen LogP contribution < -0.4 is 5.32 Å². The second-order valence-corrected chi connectivity index (χ2v) is 5.75. The Kier molecular flexibility index (Phi) is 4.99. The first-order chi connectivity index (χ1) is 12.0. The maximum atomic E-state index is 12.8. The molecule has 1 aliphatic heterocycles. The molecule has 0 aromatic carbocycles. The minimum atomic E-state index is -0.281. The van der Waals surface area contributed by atoms with Gasteiger partial charge in [0.15, 0.2) is 0 Å². The van der Waals surface area contributed by atoms with Crippen molar-refractivity contribution in [1.29, 1.82) is 0 Å². The second-order valence-electron chi connectivity index (χ2n) is 5.75. The maximum Gasteiger partial charge on any atom is 0.254 e. The summed E-state index contributed by atoms with van der Waals surface area (Å²) in [6.45, 7) is 4.55. The molecule has 1 N–H and O–H groups in total. The Balaban J connectivity index is 1.75. The first kappa shape index (κ1) is 17.0. The minimum absolute atomic E-state index is 0.131. The van der Waals surface area contributed by atoms with Gasteiger partial charge in [-0.2, -0.15) is 0 Å². The molecular formula is C17H19N5O3. The molecule has 0 saturated carbocycles. The van der Waals surface area contributed by atoms with Crippen LogP contribution in [0.15, 0.2) is 30.6 Å². The number of carbonyl (C=O) groups excluding carboxylic acids is 2. The van der Waals surface area contributed by atoms with Crippen molar-refractivity contribution in [3.05, 3.63) is 47.7 Å². The smallest absolute Gasteiger partial charge is 0.254 e. The molecule has 0 spiro atoms. The Labute approximate surface area is 145 Å². The number of morpholine rings is 1. The Morgan fingerprint density at radius 1 is 1.28 bits per heavy atom. The molecule has 1 saturated heterocycles. The number of anilines is 1. The van der Waals surface area contributed by atoms with Gasteiger partial charge in [-0.3, -0.25) is 9.59 Å². The molecule has 1 fully saturated rings. The Bertz CT molecular complexity index is 795. The van der Waals surface area contributed by atoms with E-state index >= 15 is 0 Å². The highest BCUT2D eigenvalue weighted by Crippen LogP contribution is 2.22. The third-order valence-electron chi connectivity index (χ3n) is 3.79. The molecule has 0 bridgehead atoms. The van der Waals surface area contributed by atoms with Crippen LogP contribution in [0.4, 0.5) is 5.82 Å². The highest BCUT2D eigenvalue weighted by Gasteiger charge is 2.27. The fraction of sp³-hybridized carbons (Fsp3) is 0.353. The molecule has 2 aromatic heterocycles. The van der Waals surface area contributed by atoms with Gasteiger partial charge in [-0.15, -0.1) is 0 Å². The quantitative estimate of drug-likeness (QED) is 0.905. The van der Waals surface area contributed by atoms with Crippen LogP contribution in [0.3, 0.4) is 0 Å². The summed E-state index contributed by atoms with van der Waals surface area (Å²) in [7, 11) is 0. The second kappa shape index (κ2) is 7.35. The van der Waals surface area contributed by atoms with Gasteiger partial charge in [0.2, 0.25) is 5.91 Å². The molecule has 2 aromatic rings. The van der Waals surface area contributed by atoms with E-state index in [1.807, 2.05) is 6.92 Å². The van der Waals surface area contributed by atoms with E-state index in [0.717, 1.165) is 5.69 Å². The van der Waals surface area contributed by atoms with E-state index in [0.29, 0.717) is 36.9 Å². The van der Waals surface area contributed by atoms with Crippen molar-refractivity contribution in [3.8, 4) is 0 Å². The van der Waals surface area contributed by atoms with Crippen LogP contribution in [0.5, 0.6) is 0 Å². The zero-order valence-electron chi connectivity index (χ0n) is 14.1. The number of carbonyl (C=O) groups is 2. The number of ether oxygens (including phenoxy) is 1. The van der Waals surface area contributed by atoms with E-state index in [2.05, 4.69) is 20.3 Å². The van der Waals surface area contributed by atoms with Crippen LogP contribution in [0.2, 0.25) is 0 Å². The van der Waals surface area contributed by atoms with E-state index in [1.54, 1.807) is 29.3 Å². The van der Waals surface area contributed by atoms with Gasteiger partial charge < -0.3 is 15.0 Å². The normalized spacial score (nSPS) is 17.2. The number of pyridine rings is 1. The average molecular weight is 341 g/mol. The number of rotatable bonds is 3. The van der Waals surface area contributed by atoms with Crippen LogP contribution in [0.1, 0.15) is 34.9 Å². The summed E-state index contributed by atoms with van der Waals surface area (Å²) >= 11 is 0. The molecule has 0 aliphatic carbocycles. The predicted molar refractivity (Wildman–Crippen MR) is 89.9 cm³/mol. The van der Waals surface area contributed by atoms with E-state index in [4.69, 9.17) is 4.74 Å². The number of aryl methyl sites for hydroxylation is 1. The van der Waals surface area contributed by atoms with Gasteiger partial charge in [0.25, 0.3) is 5.91 Å². The molecule has 2 amide bonds. The molecule has 3 rings (SSSR count). The lowest BCUT2D eigenvalue weighted by Gasteiger charge is -2.32. The van der Waals surface area contributed by atoms with Crippen LogP contribution in [-0.2, 0) is 9.53 Å². The lowest BCUT2D eigenvalue weighted by molar-refractivity contribution is -0.114. The van der Waals surface area contributed by atoms with Crippen LogP contribution in [0, 0.1) is 6.92 Å². The first-order valence-corrected chi connectivity index (χ1v) is 7.97. The number of hydrogen-bond donors (Lipinski definition) is 1. The lowest BCUT2D eigenvalue weighted by atomic mass is 10.1. The molecule has 8 nitrogen and oxygen atoms in total. The molecule has 1 atom stereocenters. The van der Waals surface area contributed by atoms with Gasteiger partial charge in [-0.1, -0.05) is 0 Å². The lowest BCUT2D eigenvalue weighted by Crippen LogP contribution is -2.42. The Morgan fingerprint density at radius 2 is 2.08 bits per heavy atom. The van der Waals surface area contributed by atoms with Crippen molar-refractivity contribution in [2.75, 3.05) is 25.0 Å². The van der Waals surface area contributed by atoms with Gasteiger partial charge in [-0.25, -0.2) is 15.0 Å². The molecule has 130 valence electrons. The maximum absolute atomic E-state index is 12.8. The molecule has 25 heavy (non-hydrogen) atoms. The first-order valence-electron chi connectivity index (χ1n) is 7.97. The van der Waals surface area contributed by atoms with Gasteiger partial charge in [0, 0.05) is 31.4 Å². The third-order valence-corrected chi connectivity index (χ3v) is 3.79.